The minimum absolute atomic E-state index is 0.111. The van der Waals surface area contributed by atoms with Crippen LogP contribution in [0.15, 0.2) is 0 Å². The lowest BCUT2D eigenvalue weighted by Crippen LogP contribution is -2.51. The van der Waals surface area contributed by atoms with Gasteiger partial charge in [-0.3, -0.25) is 9.80 Å². The highest BCUT2D eigenvalue weighted by Gasteiger charge is 2.30. The van der Waals surface area contributed by atoms with E-state index in [0.29, 0.717) is 6.04 Å². The second-order valence-electron chi connectivity index (χ2n) is 5.59. The summed E-state index contributed by atoms with van der Waals surface area (Å²) in [6.07, 6.45) is 3.09. The smallest absolute Gasteiger partial charge is 0.127 e. The number of nitrogens with zero attached hydrogens (tertiary/aromatic N) is 2. The van der Waals surface area contributed by atoms with Gasteiger partial charge in [-0.15, -0.1) is 0 Å². The quantitative estimate of drug-likeness (QED) is 0.664. The summed E-state index contributed by atoms with van der Waals surface area (Å²) < 4.78 is 0. The first-order valence-electron chi connectivity index (χ1n) is 6.99. The summed E-state index contributed by atoms with van der Waals surface area (Å²) in [6, 6.07) is 0.644. The summed E-state index contributed by atoms with van der Waals surface area (Å²) in [4.78, 5) is 16.3. The Balaban J connectivity index is 2.46. The van der Waals surface area contributed by atoms with Gasteiger partial charge < -0.3 is 4.79 Å². The Labute approximate surface area is 106 Å². The molecule has 1 heterocycles. The zero-order valence-electron chi connectivity index (χ0n) is 11.9. The van der Waals surface area contributed by atoms with Gasteiger partial charge in [0.15, 0.2) is 0 Å². The normalized spacial score (nSPS) is 19.8. The Hall–Kier alpha value is -0.410. The molecule has 0 unspecified atom stereocenters. The van der Waals surface area contributed by atoms with Gasteiger partial charge in [-0.1, -0.05) is 13.8 Å². The predicted molar refractivity (Wildman–Crippen MR) is 72.2 cm³/mol. The molecule has 1 fully saturated rings. The molecule has 0 N–H and O–H groups in total. The van der Waals surface area contributed by atoms with E-state index in [1.54, 1.807) is 0 Å². The summed E-state index contributed by atoms with van der Waals surface area (Å²) in [5.41, 5.74) is -0.111. The molecule has 3 heteroatoms. The fourth-order valence-corrected chi connectivity index (χ4v) is 2.56. The molecule has 1 aliphatic heterocycles. The SMILES string of the molecule is CCC(C=O)(CC)CN1CCN(C(C)C)CC1. The maximum absolute atomic E-state index is 11.3. The van der Waals surface area contributed by atoms with Crippen LogP contribution in [0.5, 0.6) is 0 Å². The lowest BCUT2D eigenvalue weighted by atomic mass is 9.83. The molecule has 17 heavy (non-hydrogen) atoms. The standard InChI is InChI=1S/C14H28N2O/c1-5-14(6-2,12-17)11-15-7-9-16(10-8-15)13(3)4/h12-13H,5-11H2,1-4H3. The van der Waals surface area contributed by atoms with E-state index in [0.717, 1.165) is 45.6 Å². The first kappa shape index (κ1) is 14.7. The topological polar surface area (TPSA) is 23.6 Å². The highest BCUT2D eigenvalue weighted by atomic mass is 16.1. The Bertz CT molecular complexity index is 228. The van der Waals surface area contributed by atoms with Crippen molar-refractivity contribution in [2.24, 2.45) is 5.41 Å². The van der Waals surface area contributed by atoms with Crippen LogP contribution in [0, 0.1) is 5.41 Å². The van der Waals surface area contributed by atoms with Gasteiger partial charge in [-0.2, -0.15) is 0 Å². The minimum atomic E-state index is -0.111. The van der Waals surface area contributed by atoms with E-state index < -0.39 is 0 Å². The minimum Gasteiger partial charge on any atom is -0.303 e. The van der Waals surface area contributed by atoms with Crippen molar-refractivity contribution in [3.8, 4) is 0 Å². The van der Waals surface area contributed by atoms with Crippen LogP contribution in [0.2, 0.25) is 0 Å². The highest BCUT2D eigenvalue weighted by Crippen LogP contribution is 2.25. The van der Waals surface area contributed by atoms with Gasteiger partial charge in [-0.05, 0) is 26.7 Å². The van der Waals surface area contributed by atoms with Crippen molar-refractivity contribution in [2.45, 2.75) is 46.6 Å². The maximum Gasteiger partial charge on any atom is 0.127 e. The number of carbonyl (C=O) groups excluding carboxylic acids is 1. The van der Waals surface area contributed by atoms with Crippen LogP contribution in [-0.2, 0) is 4.79 Å². The van der Waals surface area contributed by atoms with Crippen LogP contribution in [0.1, 0.15) is 40.5 Å². The number of carbonyl (C=O) groups is 1. The zero-order chi connectivity index (χ0) is 12.9. The van der Waals surface area contributed by atoms with Crippen molar-refractivity contribution < 1.29 is 4.79 Å². The second kappa shape index (κ2) is 6.50. The van der Waals surface area contributed by atoms with Gasteiger partial charge in [0.25, 0.3) is 0 Å². The molecule has 0 atom stereocenters. The first-order valence-corrected chi connectivity index (χ1v) is 6.99. The van der Waals surface area contributed by atoms with Crippen LogP contribution < -0.4 is 0 Å². The third-order valence-corrected chi connectivity index (χ3v) is 4.33. The molecule has 0 aromatic heterocycles. The van der Waals surface area contributed by atoms with Crippen molar-refractivity contribution in [1.82, 2.24) is 9.80 Å². The summed E-state index contributed by atoms with van der Waals surface area (Å²) in [5.74, 6) is 0. The van der Waals surface area contributed by atoms with Gasteiger partial charge in [0, 0.05) is 44.2 Å². The molecular weight excluding hydrogens is 212 g/mol. The number of aldehydes is 1. The Morgan fingerprint density at radius 2 is 1.65 bits per heavy atom. The molecule has 0 amide bonds. The van der Waals surface area contributed by atoms with E-state index in [9.17, 15) is 4.79 Å². The van der Waals surface area contributed by atoms with Gasteiger partial charge in [0.2, 0.25) is 0 Å². The zero-order valence-corrected chi connectivity index (χ0v) is 11.9. The number of hydrogen-bond acceptors (Lipinski definition) is 3. The third kappa shape index (κ3) is 3.78. The first-order chi connectivity index (χ1) is 8.06. The van der Waals surface area contributed by atoms with Crippen molar-refractivity contribution in [3.05, 3.63) is 0 Å². The summed E-state index contributed by atoms with van der Waals surface area (Å²) in [6.45, 7) is 14.2. The summed E-state index contributed by atoms with van der Waals surface area (Å²) in [5, 5.41) is 0. The molecule has 1 rings (SSSR count). The molecular formula is C14H28N2O. The molecule has 0 aromatic carbocycles. The Morgan fingerprint density at radius 1 is 1.12 bits per heavy atom. The summed E-state index contributed by atoms with van der Waals surface area (Å²) >= 11 is 0. The van der Waals surface area contributed by atoms with Crippen LogP contribution in [0.3, 0.4) is 0 Å². The molecule has 0 radical (unpaired) electrons. The monoisotopic (exact) mass is 240 g/mol. The van der Waals surface area contributed by atoms with Crippen molar-refractivity contribution in [2.75, 3.05) is 32.7 Å². The molecule has 0 bridgehead atoms. The van der Waals surface area contributed by atoms with Crippen molar-refractivity contribution in [3.63, 3.8) is 0 Å². The lowest BCUT2D eigenvalue weighted by molar-refractivity contribution is -0.118. The van der Waals surface area contributed by atoms with Crippen LogP contribution in [0.25, 0.3) is 0 Å². The molecule has 1 saturated heterocycles. The van der Waals surface area contributed by atoms with E-state index in [2.05, 4.69) is 37.5 Å². The van der Waals surface area contributed by atoms with Gasteiger partial charge in [-0.25, -0.2) is 0 Å². The Kier molecular flexibility index (Phi) is 5.60. The molecule has 0 aromatic rings. The maximum atomic E-state index is 11.3. The average molecular weight is 240 g/mol. The third-order valence-electron chi connectivity index (χ3n) is 4.33. The van der Waals surface area contributed by atoms with E-state index >= 15 is 0 Å². The van der Waals surface area contributed by atoms with Crippen LogP contribution >= 0.6 is 0 Å². The largest absolute Gasteiger partial charge is 0.303 e. The van der Waals surface area contributed by atoms with Crippen LogP contribution in [0.4, 0.5) is 0 Å². The Morgan fingerprint density at radius 3 is 2.00 bits per heavy atom. The predicted octanol–water partition coefficient (Wildman–Crippen LogP) is 2.02. The summed E-state index contributed by atoms with van der Waals surface area (Å²) in [7, 11) is 0. The number of piperazine rings is 1. The lowest BCUT2D eigenvalue weighted by Gasteiger charge is -2.40. The van der Waals surface area contributed by atoms with Crippen molar-refractivity contribution in [1.29, 1.82) is 0 Å². The molecule has 100 valence electrons. The van der Waals surface area contributed by atoms with E-state index in [1.165, 1.54) is 6.29 Å². The van der Waals surface area contributed by atoms with Gasteiger partial charge in [0.1, 0.15) is 6.29 Å². The second-order valence-corrected chi connectivity index (χ2v) is 5.59. The molecule has 1 aliphatic rings. The highest BCUT2D eigenvalue weighted by molar-refractivity contribution is 5.59. The van der Waals surface area contributed by atoms with E-state index in [-0.39, 0.29) is 5.41 Å². The molecule has 0 saturated carbocycles. The van der Waals surface area contributed by atoms with Gasteiger partial charge >= 0.3 is 0 Å². The van der Waals surface area contributed by atoms with Crippen LogP contribution in [-0.4, -0.2) is 54.9 Å². The van der Waals surface area contributed by atoms with Crippen molar-refractivity contribution >= 4 is 6.29 Å². The van der Waals surface area contributed by atoms with E-state index in [1.807, 2.05) is 0 Å². The van der Waals surface area contributed by atoms with E-state index in [4.69, 9.17) is 0 Å². The average Bonchev–Trinajstić information content (AvgIpc) is 2.37. The fourth-order valence-electron chi connectivity index (χ4n) is 2.56. The fraction of sp³-hybridized carbons (Fsp3) is 0.929. The molecule has 3 nitrogen and oxygen atoms in total. The number of rotatable bonds is 6. The van der Waals surface area contributed by atoms with Gasteiger partial charge in [0.05, 0.1) is 0 Å². The number of hydrogen-bond donors (Lipinski definition) is 0. The molecule has 0 spiro atoms. The molecule has 0 aliphatic carbocycles.